The number of hydrogen-bond donors (Lipinski definition) is 0. The van der Waals surface area contributed by atoms with E-state index < -0.39 is 0 Å². The fraction of sp³-hybridized carbons (Fsp3) is 0.133. The molecule has 5 heteroatoms. The van der Waals surface area contributed by atoms with E-state index in [9.17, 15) is 0 Å². The first kappa shape index (κ1) is 13.9. The van der Waals surface area contributed by atoms with E-state index in [1.807, 2.05) is 54.0 Å². The lowest BCUT2D eigenvalue weighted by Gasteiger charge is -2.13. The molecule has 1 heterocycles. The van der Waals surface area contributed by atoms with E-state index in [2.05, 4.69) is 20.9 Å². The number of hydrogen-bond acceptors (Lipinski definition) is 1. The van der Waals surface area contributed by atoms with Crippen LogP contribution in [-0.2, 0) is 0 Å². The summed E-state index contributed by atoms with van der Waals surface area (Å²) in [5, 5.41) is 0.460. The molecule has 0 bridgehead atoms. The summed E-state index contributed by atoms with van der Waals surface area (Å²) < 4.78 is 2.88. The topological polar surface area (TPSA) is 17.8 Å². The molecule has 1 unspecified atom stereocenters. The zero-order valence-electron chi connectivity index (χ0n) is 10.6. The zero-order chi connectivity index (χ0) is 14.3. The predicted molar refractivity (Wildman–Crippen MR) is 88.0 cm³/mol. The monoisotopic (exact) mass is 368 g/mol. The number of halogens is 3. The SMILES string of the molecule is CC(Cl)c1nc2ccccc2n1-c1cccc(Cl)c1Br. The number of imidazole rings is 1. The smallest absolute Gasteiger partial charge is 0.132 e. The van der Waals surface area contributed by atoms with Gasteiger partial charge in [0.15, 0.2) is 0 Å². The lowest BCUT2D eigenvalue weighted by atomic mass is 10.2. The van der Waals surface area contributed by atoms with Gasteiger partial charge in [-0.3, -0.25) is 4.57 Å². The Bertz CT molecular complexity index is 781. The summed E-state index contributed by atoms with van der Waals surface area (Å²) in [6, 6.07) is 13.7. The molecular formula is C15H11BrCl2N2. The molecule has 0 radical (unpaired) electrons. The number of rotatable bonds is 2. The normalized spacial score (nSPS) is 12.8. The molecule has 2 nitrogen and oxygen atoms in total. The van der Waals surface area contributed by atoms with Crippen LogP contribution in [-0.4, -0.2) is 9.55 Å². The maximum Gasteiger partial charge on any atom is 0.132 e. The molecule has 0 amide bonds. The molecule has 2 aromatic carbocycles. The van der Waals surface area contributed by atoms with Crippen molar-refractivity contribution in [3.63, 3.8) is 0 Å². The Morgan fingerprint density at radius 2 is 1.90 bits per heavy atom. The molecule has 0 saturated carbocycles. The van der Waals surface area contributed by atoms with E-state index in [1.54, 1.807) is 0 Å². The van der Waals surface area contributed by atoms with E-state index in [-0.39, 0.29) is 5.38 Å². The third-order valence-electron chi connectivity index (χ3n) is 3.11. The largest absolute Gasteiger partial charge is 0.294 e. The van der Waals surface area contributed by atoms with Crippen LogP contribution >= 0.6 is 39.1 Å². The van der Waals surface area contributed by atoms with Crippen LogP contribution in [0.1, 0.15) is 18.1 Å². The fourth-order valence-corrected chi connectivity index (χ4v) is 2.99. The third kappa shape index (κ3) is 2.24. The molecule has 0 aliphatic heterocycles. The lowest BCUT2D eigenvalue weighted by molar-refractivity contribution is 0.880. The zero-order valence-corrected chi connectivity index (χ0v) is 13.7. The van der Waals surface area contributed by atoms with Crippen LogP contribution in [0.5, 0.6) is 0 Å². The van der Waals surface area contributed by atoms with E-state index in [0.29, 0.717) is 5.02 Å². The Balaban J connectivity index is 2.39. The Morgan fingerprint density at radius 1 is 1.15 bits per heavy atom. The van der Waals surface area contributed by atoms with Crippen molar-refractivity contribution < 1.29 is 0 Å². The van der Waals surface area contributed by atoms with Crippen LogP contribution in [0.2, 0.25) is 5.02 Å². The van der Waals surface area contributed by atoms with Gasteiger partial charge in [-0.1, -0.05) is 29.8 Å². The third-order valence-corrected chi connectivity index (χ3v) is 4.69. The quantitative estimate of drug-likeness (QED) is 0.526. The molecule has 0 spiro atoms. The summed E-state index contributed by atoms with van der Waals surface area (Å²) >= 11 is 16.0. The predicted octanol–water partition coefficient (Wildman–Crippen LogP) is 5.74. The van der Waals surface area contributed by atoms with Crippen molar-refractivity contribution >= 4 is 50.2 Å². The average Bonchev–Trinajstić information content (AvgIpc) is 2.81. The van der Waals surface area contributed by atoms with E-state index >= 15 is 0 Å². The highest BCUT2D eigenvalue weighted by Crippen LogP contribution is 2.34. The molecule has 0 saturated heterocycles. The summed E-state index contributed by atoms with van der Waals surface area (Å²) in [7, 11) is 0. The summed E-state index contributed by atoms with van der Waals surface area (Å²) in [4.78, 5) is 4.63. The van der Waals surface area contributed by atoms with Crippen molar-refractivity contribution in [3.05, 3.63) is 57.8 Å². The first-order valence-corrected chi connectivity index (χ1v) is 7.76. The van der Waals surface area contributed by atoms with Crippen LogP contribution in [0.25, 0.3) is 16.7 Å². The molecule has 1 atom stereocenters. The number of aromatic nitrogens is 2. The summed E-state index contributed by atoms with van der Waals surface area (Å²) in [5.74, 6) is 0.802. The van der Waals surface area contributed by atoms with Gasteiger partial charge in [-0.05, 0) is 47.1 Å². The maximum absolute atomic E-state index is 6.29. The van der Waals surface area contributed by atoms with Crippen molar-refractivity contribution in [2.24, 2.45) is 0 Å². The molecule has 3 aromatic rings. The number of benzene rings is 2. The molecule has 1 aromatic heterocycles. The van der Waals surface area contributed by atoms with Gasteiger partial charge in [-0.2, -0.15) is 0 Å². The molecule has 0 fully saturated rings. The highest BCUT2D eigenvalue weighted by molar-refractivity contribution is 9.10. The van der Waals surface area contributed by atoms with Gasteiger partial charge in [-0.15, -0.1) is 11.6 Å². The van der Waals surface area contributed by atoms with Crippen LogP contribution in [0.15, 0.2) is 46.9 Å². The first-order valence-electron chi connectivity index (χ1n) is 6.15. The number of nitrogens with zero attached hydrogens (tertiary/aromatic N) is 2. The van der Waals surface area contributed by atoms with Gasteiger partial charge in [0.1, 0.15) is 5.82 Å². The molecule has 0 aliphatic rings. The molecule has 0 aliphatic carbocycles. The molecule has 20 heavy (non-hydrogen) atoms. The minimum absolute atomic E-state index is 0.201. The van der Waals surface area contributed by atoms with Crippen LogP contribution in [0.4, 0.5) is 0 Å². The summed E-state index contributed by atoms with van der Waals surface area (Å²) in [6.45, 7) is 1.91. The van der Waals surface area contributed by atoms with E-state index in [0.717, 1.165) is 27.0 Å². The van der Waals surface area contributed by atoms with Gasteiger partial charge in [0.2, 0.25) is 0 Å². The Hall–Kier alpha value is -1.03. The first-order chi connectivity index (χ1) is 9.59. The molecule has 102 valence electrons. The van der Waals surface area contributed by atoms with Gasteiger partial charge in [0.05, 0.1) is 31.6 Å². The van der Waals surface area contributed by atoms with E-state index in [4.69, 9.17) is 23.2 Å². The highest BCUT2D eigenvalue weighted by Gasteiger charge is 2.18. The van der Waals surface area contributed by atoms with Crippen LogP contribution in [0.3, 0.4) is 0 Å². The molecule has 0 N–H and O–H groups in total. The lowest BCUT2D eigenvalue weighted by Crippen LogP contribution is -2.02. The van der Waals surface area contributed by atoms with Crippen molar-refractivity contribution in [1.29, 1.82) is 0 Å². The van der Waals surface area contributed by atoms with Gasteiger partial charge in [0.25, 0.3) is 0 Å². The average molecular weight is 370 g/mol. The molecule has 3 rings (SSSR count). The Kier molecular flexibility index (Phi) is 3.76. The Morgan fingerprint density at radius 3 is 2.65 bits per heavy atom. The Labute approximate surface area is 135 Å². The second-order valence-electron chi connectivity index (χ2n) is 4.48. The summed E-state index contributed by atoms with van der Waals surface area (Å²) in [5.41, 5.74) is 2.87. The number of fused-ring (bicyclic) bond motifs is 1. The van der Waals surface area contributed by atoms with Crippen LogP contribution < -0.4 is 0 Å². The standard InChI is InChI=1S/C15H11BrCl2N2/c1-9(17)15-19-11-6-2-3-7-12(11)20(15)13-8-4-5-10(18)14(13)16/h2-9H,1H3. The minimum Gasteiger partial charge on any atom is -0.294 e. The van der Waals surface area contributed by atoms with Gasteiger partial charge < -0.3 is 0 Å². The van der Waals surface area contributed by atoms with Crippen LogP contribution in [0, 0.1) is 0 Å². The second-order valence-corrected chi connectivity index (χ2v) is 6.34. The number of alkyl halides is 1. The van der Waals surface area contributed by atoms with Crippen molar-refractivity contribution in [1.82, 2.24) is 9.55 Å². The second kappa shape index (κ2) is 5.40. The van der Waals surface area contributed by atoms with Crippen molar-refractivity contribution in [3.8, 4) is 5.69 Å². The summed E-state index contributed by atoms with van der Waals surface area (Å²) in [6.07, 6.45) is 0. The highest BCUT2D eigenvalue weighted by atomic mass is 79.9. The maximum atomic E-state index is 6.29. The number of para-hydroxylation sites is 2. The van der Waals surface area contributed by atoms with Gasteiger partial charge in [0, 0.05) is 0 Å². The van der Waals surface area contributed by atoms with Crippen molar-refractivity contribution in [2.45, 2.75) is 12.3 Å². The van der Waals surface area contributed by atoms with Gasteiger partial charge in [-0.25, -0.2) is 4.98 Å². The molecular weight excluding hydrogens is 359 g/mol. The fourth-order valence-electron chi connectivity index (χ4n) is 2.23. The van der Waals surface area contributed by atoms with Crippen molar-refractivity contribution in [2.75, 3.05) is 0 Å². The minimum atomic E-state index is -0.201. The van der Waals surface area contributed by atoms with E-state index in [1.165, 1.54) is 0 Å². The van der Waals surface area contributed by atoms with Gasteiger partial charge >= 0.3 is 0 Å².